The topological polar surface area (TPSA) is 67.4 Å². The molecule has 0 aliphatic carbocycles. The lowest BCUT2D eigenvalue weighted by atomic mass is 10.4. The van der Waals surface area contributed by atoms with Crippen molar-refractivity contribution in [3.05, 3.63) is 21.9 Å². The van der Waals surface area contributed by atoms with Gasteiger partial charge in [0, 0.05) is 18.0 Å². The van der Waals surface area contributed by atoms with Gasteiger partial charge in [0.2, 0.25) is 5.91 Å². The molecule has 112 valence electrons. The standard InChI is InChI=1S/C14H22N2O3S/c1-10(2)19-8-4-7-15-13(17)9-16-14(18)12-6-5-11(3)20-12/h5-6,10H,4,7-9H2,1-3H3,(H,15,17)(H,16,18). The summed E-state index contributed by atoms with van der Waals surface area (Å²) in [7, 11) is 0. The molecule has 20 heavy (non-hydrogen) atoms. The summed E-state index contributed by atoms with van der Waals surface area (Å²) in [6.45, 7) is 7.06. The molecule has 0 bridgehead atoms. The molecule has 2 amide bonds. The first-order chi connectivity index (χ1) is 9.49. The second-order valence-corrected chi connectivity index (χ2v) is 6.00. The molecule has 1 heterocycles. The van der Waals surface area contributed by atoms with E-state index in [-0.39, 0.29) is 24.5 Å². The summed E-state index contributed by atoms with van der Waals surface area (Å²) in [6.07, 6.45) is 0.973. The summed E-state index contributed by atoms with van der Waals surface area (Å²) in [6, 6.07) is 3.64. The molecule has 1 aromatic rings. The molecule has 0 aliphatic heterocycles. The molecule has 0 atom stereocenters. The van der Waals surface area contributed by atoms with Crippen molar-refractivity contribution < 1.29 is 14.3 Å². The first-order valence-electron chi connectivity index (χ1n) is 6.72. The molecule has 0 spiro atoms. The number of thiophene rings is 1. The van der Waals surface area contributed by atoms with E-state index in [2.05, 4.69) is 10.6 Å². The highest BCUT2D eigenvalue weighted by atomic mass is 32.1. The van der Waals surface area contributed by atoms with E-state index in [9.17, 15) is 9.59 Å². The molecule has 0 radical (unpaired) electrons. The van der Waals surface area contributed by atoms with Crippen LogP contribution in [0.4, 0.5) is 0 Å². The van der Waals surface area contributed by atoms with E-state index in [1.165, 1.54) is 11.3 Å². The second kappa shape index (κ2) is 8.71. The van der Waals surface area contributed by atoms with Crippen LogP contribution in [0.1, 0.15) is 34.8 Å². The van der Waals surface area contributed by atoms with Gasteiger partial charge in [0.1, 0.15) is 0 Å². The van der Waals surface area contributed by atoms with Crippen molar-refractivity contribution in [3.8, 4) is 0 Å². The fraction of sp³-hybridized carbons (Fsp3) is 0.571. The van der Waals surface area contributed by atoms with Gasteiger partial charge in [-0.2, -0.15) is 0 Å². The number of hydrogen-bond acceptors (Lipinski definition) is 4. The van der Waals surface area contributed by atoms with Crippen LogP contribution in [0.25, 0.3) is 0 Å². The van der Waals surface area contributed by atoms with Crippen LogP contribution in [0.5, 0.6) is 0 Å². The zero-order valence-corrected chi connectivity index (χ0v) is 13.0. The molecule has 0 fully saturated rings. The number of amides is 2. The molecule has 0 aliphatic rings. The predicted molar refractivity (Wildman–Crippen MR) is 80.1 cm³/mol. The third kappa shape index (κ3) is 6.68. The van der Waals surface area contributed by atoms with Crippen molar-refractivity contribution in [1.82, 2.24) is 10.6 Å². The van der Waals surface area contributed by atoms with Gasteiger partial charge in [0.25, 0.3) is 5.91 Å². The molecule has 1 rings (SSSR count). The van der Waals surface area contributed by atoms with E-state index >= 15 is 0 Å². The van der Waals surface area contributed by atoms with Gasteiger partial charge in [0.05, 0.1) is 17.5 Å². The Bertz CT molecular complexity index is 443. The number of aryl methyl sites for hydroxylation is 1. The van der Waals surface area contributed by atoms with Gasteiger partial charge in [-0.15, -0.1) is 11.3 Å². The van der Waals surface area contributed by atoms with E-state index in [1.807, 2.05) is 26.8 Å². The Morgan fingerprint density at radius 2 is 2.05 bits per heavy atom. The van der Waals surface area contributed by atoms with Crippen molar-refractivity contribution in [2.24, 2.45) is 0 Å². The SMILES string of the molecule is Cc1ccc(C(=O)NCC(=O)NCCCOC(C)C)s1. The first-order valence-corrected chi connectivity index (χ1v) is 7.53. The van der Waals surface area contributed by atoms with Crippen LogP contribution in [0.3, 0.4) is 0 Å². The molecule has 2 N–H and O–H groups in total. The molecule has 6 heteroatoms. The number of carbonyl (C=O) groups is 2. The lowest BCUT2D eigenvalue weighted by molar-refractivity contribution is -0.120. The van der Waals surface area contributed by atoms with Gasteiger partial charge in [-0.05, 0) is 39.3 Å². The number of carbonyl (C=O) groups excluding carboxylic acids is 2. The van der Waals surface area contributed by atoms with Crippen molar-refractivity contribution in [2.45, 2.75) is 33.3 Å². The van der Waals surface area contributed by atoms with Crippen LogP contribution >= 0.6 is 11.3 Å². The minimum absolute atomic E-state index is 0.000812. The van der Waals surface area contributed by atoms with E-state index in [0.717, 1.165) is 11.3 Å². The highest BCUT2D eigenvalue weighted by molar-refractivity contribution is 7.13. The van der Waals surface area contributed by atoms with Gasteiger partial charge in [-0.25, -0.2) is 0 Å². The Kier molecular flexibility index (Phi) is 7.25. The monoisotopic (exact) mass is 298 g/mol. The van der Waals surface area contributed by atoms with Gasteiger partial charge < -0.3 is 15.4 Å². The van der Waals surface area contributed by atoms with E-state index in [4.69, 9.17) is 4.74 Å². The molecule has 1 aromatic heterocycles. The fourth-order valence-electron chi connectivity index (χ4n) is 1.49. The normalized spacial score (nSPS) is 10.6. The van der Waals surface area contributed by atoms with Gasteiger partial charge in [-0.1, -0.05) is 0 Å². The van der Waals surface area contributed by atoms with E-state index < -0.39 is 0 Å². The van der Waals surface area contributed by atoms with Crippen LogP contribution < -0.4 is 10.6 Å². The molecule has 0 saturated heterocycles. The highest BCUT2D eigenvalue weighted by Gasteiger charge is 2.09. The van der Waals surface area contributed by atoms with Crippen LogP contribution in [-0.4, -0.2) is 37.6 Å². The fourth-order valence-corrected chi connectivity index (χ4v) is 2.27. The molecule has 5 nitrogen and oxygen atoms in total. The van der Waals surface area contributed by atoms with Crippen molar-refractivity contribution >= 4 is 23.2 Å². The maximum Gasteiger partial charge on any atom is 0.261 e. The Hall–Kier alpha value is -1.40. The molecular formula is C14H22N2O3S. The molecular weight excluding hydrogens is 276 g/mol. The quantitative estimate of drug-likeness (QED) is 0.718. The van der Waals surface area contributed by atoms with Crippen LogP contribution in [-0.2, 0) is 9.53 Å². The highest BCUT2D eigenvalue weighted by Crippen LogP contribution is 2.14. The average molecular weight is 298 g/mol. The summed E-state index contributed by atoms with van der Waals surface area (Å²) in [5.74, 6) is -0.391. The minimum atomic E-state index is -0.207. The summed E-state index contributed by atoms with van der Waals surface area (Å²) >= 11 is 1.41. The Balaban J connectivity index is 2.12. The van der Waals surface area contributed by atoms with E-state index in [0.29, 0.717) is 18.0 Å². The van der Waals surface area contributed by atoms with Crippen molar-refractivity contribution in [2.75, 3.05) is 19.7 Å². The molecule has 0 saturated carbocycles. The van der Waals surface area contributed by atoms with Crippen LogP contribution in [0, 0.1) is 6.92 Å². The largest absolute Gasteiger partial charge is 0.379 e. The molecule has 0 unspecified atom stereocenters. The molecule has 0 aromatic carbocycles. The maximum absolute atomic E-state index is 11.7. The van der Waals surface area contributed by atoms with Crippen LogP contribution in [0.15, 0.2) is 12.1 Å². The third-order valence-corrected chi connectivity index (χ3v) is 3.47. The van der Waals surface area contributed by atoms with Crippen molar-refractivity contribution in [3.63, 3.8) is 0 Å². The van der Waals surface area contributed by atoms with Gasteiger partial charge >= 0.3 is 0 Å². The third-order valence-electron chi connectivity index (χ3n) is 2.47. The van der Waals surface area contributed by atoms with E-state index in [1.54, 1.807) is 6.07 Å². The van der Waals surface area contributed by atoms with Crippen LogP contribution in [0.2, 0.25) is 0 Å². The lowest BCUT2D eigenvalue weighted by Gasteiger charge is -2.08. The number of rotatable bonds is 8. The van der Waals surface area contributed by atoms with Gasteiger partial charge in [0.15, 0.2) is 0 Å². The Morgan fingerprint density at radius 1 is 1.30 bits per heavy atom. The summed E-state index contributed by atoms with van der Waals surface area (Å²) < 4.78 is 5.36. The van der Waals surface area contributed by atoms with Gasteiger partial charge in [-0.3, -0.25) is 9.59 Å². The zero-order valence-electron chi connectivity index (χ0n) is 12.2. The van der Waals surface area contributed by atoms with Crippen molar-refractivity contribution in [1.29, 1.82) is 0 Å². The Labute approximate surface area is 123 Å². The Morgan fingerprint density at radius 3 is 2.65 bits per heavy atom. The minimum Gasteiger partial charge on any atom is -0.379 e. The predicted octanol–water partition coefficient (Wildman–Crippen LogP) is 1.72. The average Bonchev–Trinajstić information content (AvgIpc) is 2.82. The zero-order chi connectivity index (χ0) is 15.0. The summed E-state index contributed by atoms with van der Waals surface area (Å²) in [5, 5.41) is 5.34. The second-order valence-electron chi connectivity index (χ2n) is 4.72. The number of hydrogen-bond donors (Lipinski definition) is 2. The lowest BCUT2D eigenvalue weighted by Crippen LogP contribution is -2.37. The maximum atomic E-state index is 11.7. The summed E-state index contributed by atoms with van der Waals surface area (Å²) in [5.41, 5.74) is 0. The summed E-state index contributed by atoms with van der Waals surface area (Å²) in [4.78, 5) is 24.9. The first kappa shape index (κ1) is 16.7. The smallest absolute Gasteiger partial charge is 0.261 e. The number of ether oxygens (including phenoxy) is 1. The number of nitrogens with one attached hydrogen (secondary N) is 2.